The number of nitrogens with zero attached hydrogens (tertiary/aromatic N) is 4. The monoisotopic (exact) mass is 285 g/mol. The Labute approximate surface area is 121 Å². The third-order valence-corrected chi connectivity index (χ3v) is 3.93. The van der Waals surface area contributed by atoms with Crippen LogP contribution in [0.3, 0.4) is 0 Å². The van der Waals surface area contributed by atoms with Gasteiger partial charge in [0.25, 0.3) is 0 Å². The summed E-state index contributed by atoms with van der Waals surface area (Å²) >= 11 is 1.58. The predicted octanol–water partition coefficient (Wildman–Crippen LogP) is 2.70. The average molecular weight is 285 g/mol. The molecular formula is C14H15N5S. The van der Waals surface area contributed by atoms with E-state index in [0.29, 0.717) is 5.95 Å². The van der Waals surface area contributed by atoms with Crippen molar-refractivity contribution < 1.29 is 0 Å². The maximum atomic E-state index is 5.82. The van der Waals surface area contributed by atoms with Crippen molar-refractivity contribution in [2.75, 3.05) is 17.2 Å². The summed E-state index contributed by atoms with van der Waals surface area (Å²) in [6.07, 6.45) is 3.61. The number of thiophene rings is 1. The largest absolute Gasteiger partial charge is 0.368 e. The van der Waals surface area contributed by atoms with Crippen LogP contribution in [-0.2, 0) is 6.54 Å². The van der Waals surface area contributed by atoms with Crippen LogP contribution in [0.15, 0.2) is 36.0 Å². The molecule has 0 unspecified atom stereocenters. The second-order valence-electron chi connectivity index (χ2n) is 4.41. The zero-order valence-electron chi connectivity index (χ0n) is 11.2. The third kappa shape index (κ3) is 2.42. The number of pyridine rings is 1. The second-order valence-corrected chi connectivity index (χ2v) is 5.31. The Morgan fingerprint density at radius 2 is 2.00 bits per heavy atom. The molecule has 0 radical (unpaired) electrons. The van der Waals surface area contributed by atoms with Gasteiger partial charge in [-0.1, -0.05) is 0 Å². The van der Waals surface area contributed by atoms with Gasteiger partial charge in [0.2, 0.25) is 5.95 Å². The highest BCUT2D eigenvalue weighted by atomic mass is 32.1. The molecule has 5 nitrogen and oxygen atoms in total. The first-order chi connectivity index (χ1) is 9.78. The normalized spacial score (nSPS) is 10.8. The summed E-state index contributed by atoms with van der Waals surface area (Å²) in [5, 5.41) is 3.07. The van der Waals surface area contributed by atoms with E-state index in [1.807, 2.05) is 23.6 Å². The van der Waals surface area contributed by atoms with E-state index in [2.05, 4.69) is 26.8 Å². The standard InChI is InChI=1S/C14H15N5S/c1-2-19(9-10-3-6-16-7-4-10)12-11-5-8-20-13(11)18-14(15)17-12/h3-8H,2,9H2,1H3,(H2,15,17,18). The Bertz CT molecular complexity index is 710. The molecule has 0 saturated heterocycles. The van der Waals surface area contributed by atoms with E-state index >= 15 is 0 Å². The van der Waals surface area contributed by atoms with Crippen molar-refractivity contribution in [3.8, 4) is 0 Å². The molecule has 6 heteroatoms. The molecule has 0 bridgehead atoms. The minimum atomic E-state index is 0.322. The van der Waals surface area contributed by atoms with Crippen LogP contribution in [0.4, 0.5) is 11.8 Å². The van der Waals surface area contributed by atoms with Crippen LogP contribution in [0, 0.1) is 0 Å². The fourth-order valence-electron chi connectivity index (χ4n) is 2.14. The predicted molar refractivity (Wildman–Crippen MR) is 82.8 cm³/mol. The fraction of sp³-hybridized carbons (Fsp3) is 0.214. The molecule has 3 heterocycles. The van der Waals surface area contributed by atoms with Crippen LogP contribution in [0.1, 0.15) is 12.5 Å². The Morgan fingerprint density at radius 3 is 2.75 bits per heavy atom. The minimum Gasteiger partial charge on any atom is -0.368 e. The summed E-state index contributed by atoms with van der Waals surface area (Å²) in [5.41, 5.74) is 7.01. The average Bonchev–Trinajstić information content (AvgIpc) is 2.93. The number of hydrogen-bond acceptors (Lipinski definition) is 6. The van der Waals surface area contributed by atoms with Gasteiger partial charge in [-0.3, -0.25) is 4.98 Å². The Kier molecular flexibility index (Phi) is 3.47. The highest BCUT2D eigenvalue weighted by Crippen LogP contribution is 2.29. The van der Waals surface area contributed by atoms with Crippen LogP contribution in [0.25, 0.3) is 10.2 Å². The highest BCUT2D eigenvalue weighted by Gasteiger charge is 2.13. The molecule has 3 aromatic rings. The van der Waals surface area contributed by atoms with E-state index in [9.17, 15) is 0 Å². The first-order valence-corrected chi connectivity index (χ1v) is 7.30. The van der Waals surface area contributed by atoms with Crippen LogP contribution in [0.5, 0.6) is 0 Å². The number of nitrogens with two attached hydrogens (primary N) is 1. The highest BCUT2D eigenvalue weighted by molar-refractivity contribution is 7.16. The Hall–Kier alpha value is -2.21. The van der Waals surface area contributed by atoms with Crippen LogP contribution in [0.2, 0.25) is 0 Å². The summed E-state index contributed by atoms with van der Waals surface area (Å²) in [5.74, 6) is 1.22. The maximum absolute atomic E-state index is 5.82. The van der Waals surface area contributed by atoms with Gasteiger partial charge < -0.3 is 10.6 Å². The molecule has 0 aliphatic rings. The van der Waals surface area contributed by atoms with Crippen molar-refractivity contribution in [1.82, 2.24) is 15.0 Å². The van der Waals surface area contributed by atoms with Gasteiger partial charge in [-0.05, 0) is 36.1 Å². The maximum Gasteiger partial charge on any atom is 0.223 e. The van der Waals surface area contributed by atoms with E-state index in [4.69, 9.17) is 5.73 Å². The lowest BCUT2D eigenvalue weighted by Crippen LogP contribution is -2.23. The van der Waals surface area contributed by atoms with Crippen LogP contribution >= 0.6 is 11.3 Å². The molecule has 20 heavy (non-hydrogen) atoms. The van der Waals surface area contributed by atoms with E-state index in [0.717, 1.165) is 29.1 Å². The lowest BCUT2D eigenvalue weighted by atomic mass is 10.2. The van der Waals surface area contributed by atoms with Gasteiger partial charge in [-0.25, -0.2) is 4.98 Å². The number of rotatable bonds is 4. The SMILES string of the molecule is CCN(Cc1ccncc1)c1nc(N)nc2sccc12. The van der Waals surface area contributed by atoms with Gasteiger partial charge >= 0.3 is 0 Å². The van der Waals surface area contributed by atoms with Crippen LogP contribution < -0.4 is 10.6 Å². The summed E-state index contributed by atoms with van der Waals surface area (Å²) in [6, 6.07) is 6.07. The number of hydrogen-bond donors (Lipinski definition) is 1. The van der Waals surface area contributed by atoms with E-state index in [1.165, 1.54) is 5.56 Å². The molecule has 102 valence electrons. The number of nitrogen functional groups attached to an aromatic ring is 1. The summed E-state index contributed by atoms with van der Waals surface area (Å²) < 4.78 is 0. The topological polar surface area (TPSA) is 67.9 Å². The van der Waals surface area contributed by atoms with Gasteiger partial charge in [0.05, 0.1) is 5.39 Å². The molecule has 0 atom stereocenters. The molecule has 0 amide bonds. The Balaban J connectivity index is 2.01. The van der Waals surface area contributed by atoms with Crippen molar-refractivity contribution >= 4 is 33.3 Å². The minimum absolute atomic E-state index is 0.322. The molecule has 0 fully saturated rings. The van der Waals surface area contributed by atoms with E-state index < -0.39 is 0 Å². The van der Waals surface area contributed by atoms with Crippen molar-refractivity contribution in [2.24, 2.45) is 0 Å². The van der Waals surface area contributed by atoms with Gasteiger partial charge in [-0.15, -0.1) is 11.3 Å². The number of aromatic nitrogens is 3. The Morgan fingerprint density at radius 1 is 1.20 bits per heavy atom. The van der Waals surface area contributed by atoms with Crippen molar-refractivity contribution in [3.63, 3.8) is 0 Å². The van der Waals surface area contributed by atoms with Gasteiger partial charge in [0.15, 0.2) is 0 Å². The van der Waals surface area contributed by atoms with Gasteiger partial charge in [0, 0.05) is 25.5 Å². The molecule has 3 rings (SSSR count). The molecule has 0 aliphatic heterocycles. The number of anilines is 2. The zero-order valence-corrected chi connectivity index (χ0v) is 12.0. The third-order valence-electron chi connectivity index (χ3n) is 3.13. The number of fused-ring (bicyclic) bond motifs is 1. The molecule has 0 aliphatic carbocycles. The lowest BCUT2D eigenvalue weighted by molar-refractivity contribution is 0.817. The van der Waals surface area contributed by atoms with Gasteiger partial charge in [0.1, 0.15) is 10.6 Å². The fourth-order valence-corrected chi connectivity index (χ4v) is 2.91. The molecule has 0 aromatic carbocycles. The summed E-state index contributed by atoms with van der Waals surface area (Å²) in [6.45, 7) is 3.74. The summed E-state index contributed by atoms with van der Waals surface area (Å²) in [4.78, 5) is 15.9. The van der Waals surface area contributed by atoms with Crippen molar-refractivity contribution in [2.45, 2.75) is 13.5 Å². The first kappa shape index (κ1) is 12.8. The molecular weight excluding hydrogens is 270 g/mol. The van der Waals surface area contributed by atoms with Crippen molar-refractivity contribution in [1.29, 1.82) is 0 Å². The molecule has 2 N–H and O–H groups in total. The summed E-state index contributed by atoms with van der Waals surface area (Å²) in [7, 11) is 0. The van der Waals surface area contributed by atoms with Gasteiger partial charge in [-0.2, -0.15) is 4.98 Å². The first-order valence-electron chi connectivity index (χ1n) is 6.42. The lowest BCUT2D eigenvalue weighted by Gasteiger charge is -2.22. The second kappa shape index (κ2) is 5.42. The van der Waals surface area contributed by atoms with Crippen LogP contribution in [-0.4, -0.2) is 21.5 Å². The van der Waals surface area contributed by atoms with Crippen molar-refractivity contribution in [3.05, 3.63) is 41.5 Å². The molecule has 0 saturated carbocycles. The van der Waals surface area contributed by atoms with E-state index in [-0.39, 0.29) is 0 Å². The molecule has 0 spiro atoms. The quantitative estimate of drug-likeness (QED) is 0.798. The zero-order chi connectivity index (χ0) is 13.9. The molecule has 3 aromatic heterocycles. The smallest absolute Gasteiger partial charge is 0.223 e. The van der Waals surface area contributed by atoms with E-state index in [1.54, 1.807) is 23.7 Å².